The van der Waals surface area contributed by atoms with Gasteiger partial charge in [0.15, 0.2) is 11.6 Å². The molecule has 1 aliphatic rings. The number of rotatable bonds is 2. The first kappa shape index (κ1) is 19.7. The number of carbonyl (C=O) groups is 1. The topological polar surface area (TPSA) is 62.4 Å². The summed E-state index contributed by atoms with van der Waals surface area (Å²) in [6, 6.07) is 5.02. The lowest BCUT2D eigenvalue weighted by molar-refractivity contribution is 0.0335. The third-order valence-corrected chi connectivity index (χ3v) is 5.60. The Morgan fingerprint density at radius 2 is 1.83 bits per heavy atom. The molecule has 1 aliphatic heterocycles. The van der Waals surface area contributed by atoms with Crippen LogP contribution in [-0.2, 0) is 11.3 Å². The minimum Gasteiger partial charge on any atom is -0.373 e. The molecule has 9 heteroatoms. The number of H-pyrrole nitrogens is 1. The number of aromatic amines is 1. The Kier molecular flexibility index (Phi) is 4.95. The molecule has 0 bridgehead atoms. The minimum absolute atomic E-state index is 0.0140. The van der Waals surface area contributed by atoms with E-state index in [4.69, 9.17) is 4.74 Å². The number of hydrogen-bond donors (Lipinski definition) is 1. The monoisotopic (exact) mass is 466 g/mol. The molecule has 0 radical (unpaired) electrons. The highest BCUT2D eigenvalue weighted by Gasteiger charge is 2.31. The quantitative estimate of drug-likeness (QED) is 0.619. The maximum absolute atomic E-state index is 13.9. The molecular weight excluding hydrogens is 453 g/mol. The number of amides is 1. The number of benzene rings is 2. The number of carbonyl (C=O) groups excluding carboxylic acids is 1. The maximum Gasteiger partial charge on any atom is 0.256 e. The van der Waals surface area contributed by atoms with Gasteiger partial charge in [0.1, 0.15) is 5.82 Å². The lowest BCUT2D eigenvalue weighted by Crippen LogP contribution is -2.37. The fourth-order valence-corrected chi connectivity index (χ4v) is 3.90. The summed E-state index contributed by atoms with van der Waals surface area (Å²) in [5.74, 6) is -3.15. The standard InChI is InChI=1S/C20H14BrF3N2O3/c1-26(20(28)9-2-3-13(22)12(21)4-9)17-8-29-7-16-18(17)10-5-14(23)15(24)6-11(10)19(27)25-16/h2-6,17H,7-8H2,1H3,(H,25,27)/t17-/m0/s1. The molecule has 0 aliphatic carbocycles. The van der Waals surface area contributed by atoms with Crippen LogP contribution in [-0.4, -0.2) is 29.4 Å². The number of nitrogens with one attached hydrogen (secondary N) is 1. The predicted octanol–water partition coefficient (Wildman–Crippen LogP) is 4.05. The Morgan fingerprint density at radius 3 is 2.52 bits per heavy atom. The predicted molar refractivity (Wildman–Crippen MR) is 103 cm³/mol. The van der Waals surface area contributed by atoms with Gasteiger partial charge in [0.25, 0.3) is 11.5 Å². The molecule has 150 valence electrons. The molecule has 0 saturated carbocycles. The summed E-state index contributed by atoms with van der Waals surface area (Å²) in [4.78, 5) is 29.3. The van der Waals surface area contributed by atoms with Crippen LogP contribution in [0.25, 0.3) is 10.8 Å². The van der Waals surface area contributed by atoms with Crippen LogP contribution < -0.4 is 5.56 Å². The van der Waals surface area contributed by atoms with E-state index >= 15 is 0 Å². The Hall–Kier alpha value is -2.65. The van der Waals surface area contributed by atoms with E-state index in [-0.39, 0.29) is 34.0 Å². The molecular formula is C20H14BrF3N2O3. The van der Waals surface area contributed by atoms with Crippen molar-refractivity contribution in [2.75, 3.05) is 13.7 Å². The van der Waals surface area contributed by atoms with Gasteiger partial charge in [-0.3, -0.25) is 9.59 Å². The average Bonchev–Trinajstić information content (AvgIpc) is 2.70. The van der Waals surface area contributed by atoms with E-state index in [9.17, 15) is 22.8 Å². The van der Waals surface area contributed by atoms with Gasteiger partial charge in [0.2, 0.25) is 0 Å². The zero-order valence-corrected chi connectivity index (χ0v) is 16.6. The van der Waals surface area contributed by atoms with Crippen molar-refractivity contribution in [2.24, 2.45) is 0 Å². The molecule has 2 heterocycles. The highest BCUT2D eigenvalue weighted by Crippen LogP contribution is 2.34. The molecule has 2 aromatic carbocycles. The van der Waals surface area contributed by atoms with Crippen molar-refractivity contribution in [1.82, 2.24) is 9.88 Å². The summed E-state index contributed by atoms with van der Waals surface area (Å²) in [6.07, 6.45) is 0. The highest BCUT2D eigenvalue weighted by atomic mass is 79.9. The second-order valence-electron chi connectivity index (χ2n) is 6.73. The molecule has 3 aromatic rings. The van der Waals surface area contributed by atoms with Gasteiger partial charge < -0.3 is 14.6 Å². The normalized spacial score (nSPS) is 16.0. The lowest BCUT2D eigenvalue weighted by Gasteiger charge is -2.34. The van der Waals surface area contributed by atoms with Crippen molar-refractivity contribution in [2.45, 2.75) is 12.6 Å². The van der Waals surface area contributed by atoms with Gasteiger partial charge in [-0.15, -0.1) is 0 Å². The van der Waals surface area contributed by atoms with E-state index in [1.54, 1.807) is 0 Å². The molecule has 0 saturated heterocycles. The lowest BCUT2D eigenvalue weighted by atomic mass is 9.95. The third kappa shape index (κ3) is 3.34. The molecule has 4 rings (SSSR count). The van der Waals surface area contributed by atoms with Gasteiger partial charge in [0.05, 0.1) is 29.1 Å². The first-order valence-electron chi connectivity index (χ1n) is 8.61. The molecule has 1 atom stereocenters. The van der Waals surface area contributed by atoms with E-state index in [0.717, 1.165) is 12.1 Å². The largest absolute Gasteiger partial charge is 0.373 e. The Balaban J connectivity index is 1.84. The van der Waals surface area contributed by atoms with Gasteiger partial charge in [-0.2, -0.15) is 0 Å². The average molecular weight is 467 g/mol. The number of nitrogens with zero attached hydrogens (tertiary/aromatic N) is 1. The number of fused-ring (bicyclic) bond motifs is 3. The van der Waals surface area contributed by atoms with Crippen molar-refractivity contribution in [3.05, 3.63) is 79.4 Å². The van der Waals surface area contributed by atoms with Crippen LogP contribution in [0.3, 0.4) is 0 Å². The Labute approximate surface area is 171 Å². The zero-order valence-electron chi connectivity index (χ0n) is 15.1. The molecule has 0 unspecified atom stereocenters. The van der Waals surface area contributed by atoms with Crippen LogP contribution in [0.2, 0.25) is 0 Å². The fourth-order valence-electron chi connectivity index (χ4n) is 3.52. The summed E-state index contributed by atoms with van der Waals surface area (Å²) in [5, 5.41) is 0.204. The van der Waals surface area contributed by atoms with Crippen LogP contribution >= 0.6 is 15.9 Å². The molecule has 0 fully saturated rings. The van der Waals surface area contributed by atoms with Crippen molar-refractivity contribution >= 4 is 32.6 Å². The van der Waals surface area contributed by atoms with Crippen LogP contribution in [0.5, 0.6) is 0 Å². The van der Waals surface area contributed by atoms with E-state index in [0.29, 0.717) is 11.3 Å². The summed E-state index contributed by atoms with van der Waals surface area (Å²) < 4.78 is 46.8. The minimum atomic E-state index is -1.13. The van der Waals surface area contributed by atoms with Crippen molar-refractivity contribution in [3.63, 3.8) is 0 Å². The zero-order chi connectivity index (χ0) is 20.9. The second-order valence-corrected chi connectivity index (χ2v) is 7.59. The molecule has 5 nitrogen and oxygen atoms in total. The number of ether oxygens (including phenoxy) is 1. The fraction of sp³-hybridized carbons (Fsp3) is 0.200. The van der Waals surface area contributed by atoms with E-state index in [2.05, 4.69) is 20.9 Å². The van der Waals surface area contributed by atoms with Crippen LogP contribution in [0.4, 0.5) is 13.2 Å². The molecule has 1 aromatic heterocycles. The van der Waals surface area contributed by atoms with Gasteiger partial charge in [-0.05, 0) is 51.6 Å². The highest BCUT2D eigenvalue weighted by molar-refractivity contribution is 9.10. The van der Waals surface area contributed by atoms with Gasteiger partial charge >= 0.3 is 0 Å². The number of halogens is 4. The molecule has 29 heavy (non-hydrogen) atoms. The smallest absolute Gasteiger partial charge is 0.256 e. The molecule has 1 amide bonds. The first-order valence-corrected chi connectivity index (χ1v) is 9.41. The molecule has 0 spiro atoms. The van der Waals surface area contributed by atoms with Crippen LogP contribution in [0.15, 0.2) is 39.6 Å². The first-order chi connectivity index (χ1) is 13.8. The summed E-state index contributed by atoms with van der Waals surface area (Å²) in [5.41, 5.74) is 0.545. The molecule has 1 N–H and O–H groups in total. The third-order valence-electron chi connectivity index (χ3n) is 4.99. The van der Waals surface area contributed by atoms with E-state index in [1.807, 2.05) is 0 Å². The summed E-state index contributed by atoms with van der Waals surface area (Å²) in [7, 11) is 1.53. The number of aromatic nitrogens is 1. The number of hydrogen-bond acceptors (Lipinski definition) is 3. The van der Waals surface area contributed by atoms with Crippen molar-refractivity contribution < 1.29 is 22.7 Å². The van der Waals surface area contributed by atoms with Crippen molar-refractivity contribution in [3.8, 4) is 0 Å². The maximum atomic E-state index is 13.9. The van der Waals surface area contributed by atoms with Gasteiger partial charge in [-0.1, -0.05) is 0 Å². The van der Waals surface area contributed by atoms with Gasteiger partial charge in [-0.25, -0.2) is 13.2 Å². The SMILES string of the molecule is CN(C(=O)c1ccc(F)c(Br)c1)[C@H]1COCc2[nH]c(=O)c3cc(F)c(F)cc3c21. The second kappa shape index (κ2) is 7.31. The van der Waals surface area contributed by atoms with E-state index < -0.39 is 35.0 Å². The van der Waals surface area contributed by atoms with Crippen LogP contribution in [0, 0.1) is 17.5 Å². The van der Waals surface area contributed by atoms with E-state index in [1.165, 1.54) is 30.1 Å². The van der Waals surface area contributed by atoms with Gasteiger partial charge in [0, 0.05) is 23.9 Å². The summed E-state index contributed by atoms with van der Waals surface area (Å²) >= 11 is 3.05. The van der Waals surface area contributed by atoms with Crippen molar-refractivity contribution in [1.29, 1.82) is 0 Å². The Bertz CT molecular complexity index is 1210. The summed E-state index contributed by atoms with van der Waals surface area (Å²) in [6.45, 7) is 0.165. The van der Waals surface area contributed by atoms with Crippen LogP contribution in [0.1, 0.15) is 27.7 Å². The number of likely N-dealkylation sites (N-methyl/N-ethyl adjacent to an activating group) is 1. The number of pyridine rings is 1. The Morgan fingerprint density at radius 1 is 1.14 bits per heavy atom.